The van der Waals surface area contributed by atoms with Gasteiger partial charge in [-0.15, -0.1) is 0 Å². The zero-order valence-electron chi connectivity index (χ0n) is 15.0. The molecule has 0 aromatic heterocycles. The number of hydrogen-bond acceptors (Lipinski definition) is 5. The number of benzene rings is 1. The van der Waals surface area contributed by atoms with Crippen LogP contribution in [0.3, 0.4) is 0 Å². The molecule has 0 aliphatic carbocycles. The van der Waals surface area contributed by atoms with Crippen LogP contribution in [0.25, 0.3) is 0 Å². The lowest BCUT2D eigenvalue weighted by Gasteiger charge is -2.35. The molecule has 2 amide bonds. The molecule has 1 aromatic carbocycles. The minimum absolute atomic E-state index is 0.0314. The Hall–Kier alpha value is -2.61. The largest absolute Gasteiger partial charge is 0.497 e. The van der Waals surface area contributed by atoms with E-state index in [0.29, 0.717) is 19.7 Å². The van der Waals surface area contributed by atoms with Gasteiger partial charge >= 0.3 is 5.97 Å². The third-order valence-electron chi connectivity index (χ3n) is 4.20. The van der Waals surface area contributed by atoms with Crippen molar-refractivity contribution in [2.24, 2.45) is 0 Å². The average Bonchev–Trinajstić information content (AvgIpc) is 2.61. The molecule has 1 N–H and O–H groups in total. The minimum Gasteiger partial charge on any atom is -0.497 e. The Labute approximate surface area is 152 Å². The van der Waals surface area contributed by atoms with Crippen LogP contribution >= 0.6 is 0 Å². The van der Waals surface area contributed by atoms with Crippen molar-refractivity contribution >= 4 is 17.8 Å². The first-order valence-corrected chi connectivity index (χ1v) is 8.38. The van der Waals surface area contributed by atoms with E-state index in [1.54, 1.807) is 24.1 Å². The molecule has 1 atom stereocenters. The zero-order valence-corrected chi connectivity index (χ0v) is 15.0. The van der Waals surface area contributed by atoms with Gasteiger partial charge in [-0.3, -0.25) is 14.4 Å². The van der Waals surface area contributed by atoms with E-state index < -0.39 is 12.1 Å². The number of amides is 2. The minimum atomic E-state index is -1.08. The van der Waals surface area contributed by atoms with E-state index in [4.69, 9.17) is 14.6 Å². The highest BCUT2D eigenvalue weighted by atomic mass is 16.5. The topological polar surface area (TPSA) is 96.4 Å². The molecule has 1 saturated heterocycles. The first-order valence-electron chi connectivity index (χ1n) is 8.38. The van der Waals surface area contributed by atoms with Crippen LogP contribution in [0, 0.1) is 0 Å². The van der Waals surface area contributed by atoms with Crippen molar-refractivity contribution in [1.82, 2.24) is 9.80 Å². The highest BCUT2D eigenvalue weighted by Gasteiger charge is 2.27. The first-order chi connectivity index (χ1) is 12.4. The summed E-state index contributed by atoms with van der Waals surface area (Å²) in [6.45, 7) is 2.25. The molecular weight excluding hydrogens is 340 g/mol. The van der Waals surface area contributed by atoms with Crippen LogP contribution in [0.15, 0.2) is 24.3 Å². The number of carbonyl (C=O) groups is 3. The van der Waals surface area contributed by atoms with Gasteiger partial charge in [-0.05, 0) is 17.7 Å². The fraction of sp³-hybridized carbons (Fsp3) is 0.500. The average molecular weight is 364 g/mol. The summed E-state index contributed by atoms with van der Waals surface area (Å²) < 4.78 is 10.7. The van der Waals surface area contributed by atoms with Gasteiger partial charge in [0.05, 0.1) is 26.2 Å². The van der Waals surface area contributed by atoms with Gasteiger partial charge in [0, 0.05) is 26.6 Å². The summed E-state index contributed by atoms with van der Waals surface area (Å²) in [6, 6.07) is 7.31. The maximum atomic E-state index is 12.5. The number of ether oxygens (including phenoxy) is 2. The predicted molar refractivity (Wildman–Crippen MR) is 92.9 cm³/mol. The lowest BCUT2D eigenvalue weighted by atomic mass is 10.1. The molecule has 1 heterocycles. The quantitative estimate of drug-likeness (QED) is 0.752. The second kappa shape index (κ2) is 9.19. The fourth-order valence-electron chi connectivity index (χ4n) is 2.80. The Balaban J connectivity index is 1.92. The molecule has 8 nitrogen and oxygen atoms in total. The number of carboxylic acids is 1. The van der Waals surface area contributed by atoms with Crippen molar-refractivity contribution in [3.8, 4) is 5.75 Å². The number of hydrogen-bond donors (Lipinski definition) is 1. The molecule has 1 aromatic rings. The molecule has 26 heavy (non-hydrogen) atoms. The zero-order chi connectivity index (χ0) is 19.1. The monoisotopic (exact) mass is 364 g/mol. The van der Waals surface area contributed by atoms with E-state index in [1.807, 2.05) is 12.1 Å². The normalized spacial score (nSPS) is 16.8. The molecule has 2 rings (SSSR count). The van der Waals surface area contributed by atoms with Crippen LogP contribution < -0.4 is 4.74 Å². The second-order valence-corrected chi connectivity index (χ2v) is 6.15. The Morgan fingerprint density at radius 3 is 2.58 bits per heavy atom. The Bertz CT molecular complexity index is 646. The van der Waals surface area contributed by atoms with Crippen molar-refractivity contribution in [3.63, 3.8) is 0 Å². The molecule has 8 heteroatoms. The number of nitrogens with zero attached hydrogens (tertiary/aromatic N) is 2. The molecule has 1 unspecified atom stereocenters. The van der Waals surface area contributed by atoms with Crippen molar-refractivity contribution in [1.29, 1.82) is 0 Å². The van der Waals surface area contributed by atoms with Gasteiger partial charge in [0.25, 0.3) is 0 Å². The van der Waals surface area contributed by atoms with E-state index >= 15 is 0 Å². The van der Waals surface area contributed by atoms with Crippen LogP contribution in [0.1, 0.15) is 12.5 Å². The summed E-state index contributed by atoms with van der Waals surface area (Å²) in [4.78, 5) is 37.9. The molecule has 1 aliphatic rings. The van der Waals surface area contributed by atoms with Gasteiger partial charge in [-0.2, -0.15) is 0 Å². The van der Waals surface area contributed by atoms with Crippen molar-refractivity contribution in [2.75, 3.05) is 39.9 Å². The highest BCUT2D eigenvalue weighted by Crippen LogP contribution is 2.14. The molecule has 142 valence electrons. The van der Waals surface area contributed by atoms with E-state index in [2.05, 4.69) is 0 Å². The molecule has 0 bridgehead atoms. The predicted octanol–water partition coefficient (Wildman–Crippen LogP) is 0.398. The Morgan fingerprint density at radius 1 is 1.31 bits per heavy atom. The summed E-state index contributed by atoms with van der Waals surface area (Å²) >= 11 is 0. The highest BCUT2D eigenvalue weighted by molar-refractivity contribution is 5.80. The summed E-state index contributed by atoms with van der Waals surface area (Å²) in [5.41, 5.74) is 0.884. The Kier molecular flexibility index (Phi) is 6.97. The standard InChI is InChI=1S/C18H24N2O6/c1-13(21)20(12-18(23)24)11-16-10-19(7-8-26-16)17(22)9-14-3-5-15(25-2)6-4-14/h3-6,16H,7-12H2,1-2H3,(H,23,24). The smallest absolute Gasteiger partial charge is 0.323 e. The van der Waals surface area contributed by atoms with Crippen molar-refractivity contribution < 1.29 is 29.0 Å². The van der Waals surface area contributed by atoms with E-state index in [-0.39, 0.29) is 31.3 Å². The third kappa shape index (κ3) is 5.73. The Morgan fingerprint density at radius 2 is 2.00 bits per heavy atom. The van der Waals surface area contributed by atoms with Crippen LogP contribution in [-0.4, -0.2) is 78.7 Å². The van der Waals surface area contributed by atoms with Crippen molar-refractivity contribution in [2.45, 2.75) is 19.4 Å². The van der Waals surface area contributed by atoms with Crippen LogP contribution in [-0.2, 0) is 25.5 Å². The first kappa shape index (κ1) is 19.7. The molecule has 0 radical (unpaired) electrons. The fourth-order valence-corrected chi connectivity index (χ4v) is 2.80. The summed E-state index contributed by atoms with van der Waals surface area (Å²) in [5, 5.41) is 8.90. The lowest BCUT2D eigenvalue weighted by Crippen LogP contribution is -2.51. The number of carboxylic acid groups (broad SMARTS) is 1. The van der Waals surface area contributed by atoms with Crippen LogP contribution in [0.5, 0.6) is 5.75 Å². The molecule has 1 aliphatic heterocycles. The van der Waals surface area contributed by atoms with E-state index in [1.165, 1.54) is 11.8 Å². The second-order valence-electron chi connectivity index (χ2n) is 6.15. The SMILES string of the molecule is COc1ccc(CC(=O)N2CCOC(CN(CC(=O)O)C(C)=O)C2)cc1. The molecule has 0 saturated carbocycles. The van der Waals surface area contributed by atoms with Crippen LogP contribution in [0.4, 0.5) is 0 Å². The van der Waals surface area contributed by atoms with E-state index in [0.717, 1.165) is 11.3 Å². The summed E-state index contributed by atoms with van der Waals surface area (Å²) in [7, 11) is 1.59. The maximum Gasteiger partial charge on any atom is 0.323 e. The van der Waals surface area contributed by atoms with Gasteiger partial charge in [0.1, 0.15) is 12.3 Å². The van der Waals surface area contributed by atoms with Gasteiger partial charge in [-0.25, -0.2) is 0 Å². The van der Waals surface area contributed by atoms with E-state index in [9.17, 15) is 14.4 Å². The van der Waals surface area contributed by atoms with Gasteiger partial charge in [-0.1, -0.05) is 12.1 Å². The van der Waals surface area contributed by atoms with Crippen molar-refractivity contribution in [3.05, 3.63) is 29.8 Å². The van der Waals surface area contributed by atoms with Gasteiger partial charge in [0.15, 0.2) is 0 Å². The lowest BCUT2D eigenvalue weighted by molar-refractivity contribution is -0.147. The summed E-state index contributed by atoms with van der Waals surface area (Å²) in [6.07, 6.45) is -0.130. The third-order valence-corrected chi connectivity index (χ3v) is 4.20. The molecule has 1 fully saturated rings. The number of rotatable bonds is 7. The van der Waals surface area contributed by atoms with Crippen LogP contribution in [0.2, 0.25) is 0 Å². The molecule has 0 spiro atoms. The maximum absolute atomic E-state index is 12.5. The molecular formula is C18H24N2O6. The number of aliphatic carboxylic acids is 1. The summed E-state index contributed by atoms with van der Waals surface area (Å²) in [5.74, 6) is -0.715. The number of carbonyl (C=O) groups excluding carboxylic acids is 2. The van der Waals surface area contributed by atoms with Gasteiger partial charge < -0.3 is 24.4 Å². The van der Waals surface area contributed by atoms with Gasteiger partial charge in [0.2, 0.25) is 11.8 Å². The number of methoxy groups -OCH3 is 1. The number of morpholine rings is 1.